The van der Waals surface area contributed by atoms with E-state index >= 15 is 0 Å². The largest absolute Gasteiger partial charge is 0.467 e. The van der Waals surface area contributed by atoms with E-state index in [4.69, 9.17) is 10.2 Å². The Morgan fingerprint density at radius 1 is 1.50 bits per heavy atom. The number of furan rings is 1. The van der Waals surface area contributed by atoms with E-state index in [2.05, 4.69) is 20.9 Å². The van der Waals surface area contributed by atoms with Gasteiger partial charge < -0.3 is 10.2 Å². The van der Waals surface area contributed by atoms with E-state index in [1.807, 2.05) is 0 Å². The van der Waals surface area contributed by atoms with E-state index in [1.54, 1.807) is 12.1 Å². The lowest BCUT2D eigenvalue weighted by molar-refractivity contribution is 0.488. The topological polar surface area (TPSA) is 94.0 Å². The highest BCUT2D eigenvalue weighted by Crippen LogP contribution is 2.12. The summed E-state index contributed by atoms with van der Waals surface area (Å²) in [6.45, 7) is 0.174. The van der Waals surface area contributed by atoms with Gasteiger partial charge in [-0.2, -0.15) is 0 Å². The molecule has 2 rings (SSSR count). The van der Waals surface area contributed by atoms with Crippen molar-refractivity contribution >= 4 is 21.7 Å². The summed E-state index contributed by atoms with van der Waals surface area (Å²) in [4.78, 5) is 24.8. The fourth-order valence-corrected chi connectivity index (χ4v) is 1.59. The fraction of sp³-hybridized carbons (Fsp3) is 0.111. The third-order valence-corrected chi connectivity index (χ3v) is 2.84. The molecule has 0 amide bonds. The van der Waals surface area contributed by atoms with Crippen LogP contribution in [0.1, 0.15) is 5.76 Å². The van der Waals surface area contributed by atoms with E-state index in [1.165, 1.54) is 10.8 Å². The highest BCUT2D eigenvalue weighted by Gasteiger charge is 2.10. The molecule has 0 saturated heterocycles. The number of hydrogen-bond donors (Lipinski definition) is 2. The van der Waals surface area contributed by atoms with Gasteiger partial charge >= 0.3 is 5.69 Å². The van der Waals surface area contributed by atoms with Crippen molar-refractivity contribution in [2.45, 2.75) is 6.54 Å². The summed E-state index contributed by atoms with van der Waals surface area (Å²) in [6.07, 6.45) is 1.50. The predicted octanol–water partition coefficient (Wildman–Crippen LogP) is 0.523. The van der Waals surface area contributed by atoms with Gasteiger partial charge in [0.15, 0.2) is 0 Å². The van der Waals surface area contributed by atoms with Crippen LogP contribution in [-0.4, -0.2) is 9.55 Å². The number of nitrogens with one attached hydrogen (secondary N) is 1. The lowest BCUT2D eigenvalue weighted by Gasteiger charge is -2.07. The lowest BCUT2D eigenvalue weighted by Crippen LogP contribution is -2.32. The number of nitrogen functional groups attached to an aromatic ring is 1. The monoisotopic (exact) mass is 285 g/mol. The number of aromatic nitrogens is 2. The summed E-state index contributed by atoms with van der Waals surface area (Å²) in [5, 5.41) is 0. The minimum absolute atomic E-state index is 0.0742. The van der Waals surface area contributed by atoms with Gasteiger partial charge in [0.2, 0.25) is 0 Å². The maximum absolute atomic E-state index is 11.5. The maximum Gasteiger partial charge on any atom is 0.330 e. The molecule has 0 aromatic carbocycles. The molecule has 0 unspecified atom stereocenters. The van der Waals surface area contributed by atoms with Crippen molar-refractivity contribution in [3.8, 4) is 0 Å². The standard InChI is InChI=1S/C9H8BrN3O3/c10-6-7(11)13(9(15)12-8(6)14)4-5-2-1-3-16-5/h1-3H,4,11H2,(H,12,14,15). The number of anilines is 1. The Labute approximate surface area is 97.8 Å². The number of halogens is 1. The highest BCUT2D eigenvalue weighted by atomic mass is 79.9. The average Bonchev–Trinajstić information content (AvgIpc) is 2.74. The van der Waals surface area contributed by atoms with Crippen LogP contribution in [0, 0.1) is 0 Å². The average molecular weight is 286 g/mol. The normalized spacial score (nSPS) is 10.6. The van der Waals surface area contributed by atoms with E-state index in [0.717, 1.165) is 0 Å². The zero-order valence-electron chi connectivity index (χ0n) is 8.07. The number of nitrogens with two attached hydrogens (primary N) is 1. The number of H-pyrrole nitrogens is 1. The van der Waals surface area contributed by atoms with Gasteiger partial charge in [-0.3, -0.25) is 14.3 Å². The molecule has 0 aliphatic rings. The Hall–Kier alpha value is -1.76. The lowest BCUT2D eigenvalue weighted by atomic mass is 10.4. The van der Waals surface area contributed by atoms with Crippen molar-refractivity contribution in [1.82, 2.24) is 9.55 Å². The van der Waals surface area contributed by atoms with E-state index < -0.39 is 11.2 Å². The van der Waals surface area contributed by atoms with Crippen LogP contribution in [0.3, 0.4) is 0 Å². The molecule has 0 bridgehead atoms. The van der Waals surface area contributed by atoms with Crippen molar-refractivity contribution in [2.75, 3.05) is 5.73 Å². The Kier molecular flexibility index (Phi) is 2.69. The van der Waals surface area contributed by atoms with E-state index in [0.29, 0.717) is 5.76 Å². The van der Waals surface area contributed by atoms with Crippen LogP contribution in [0.25, 0.3) is 0 Å². The SMILES string of the molecule is Nc1c(Br)c(=O)[nH]c(=O)n1Cc1ccco1. The third kappa shape index (κ3) is 1.81. The molecule has 0 saturated carbocycles. The van der Waals surface area contributed by atoms with Crippen LogP contribution in [-0.2, 0) is 6.54 Å². The van der Waals surface area contributed by atoms with Gasteiger partial charge in [-0.1, -0.05) is 0 Å². The molecule has 0 fully saturated rings. The van der Waals surface area contributed by atoms with Crippen molar-refractivity contribution in [1.29, 1.82) is 0 Å². The summed E-state index contributed by atoms with van der Waals surface area (Å²) in [5.74, 6) is 0.651. The second-order valence-corrected chi connectivity index (χ2v) is 3.92. The Bertz CT molecular complexity index is 612. The Morgan fingerprint density at radius 2 is 2.25 bits per heavy atom. The molecule has 3 N–H and O–H groups in total. The van der Waals surface area contributed by atoms with Crippen molar-refractivity contribution in [2.24, 2.45) is 0 Å². The van der Waals surface area contributed by atoms with Gasteiger partial charge in [0.05, 0.1) is 12.8 Å². The summed E-state index contributed by atoms with van der Waals surface area (Å²) in [7, 11) is 0. The molecule has 0 atom stereocenters. The molecule has 2 aromatic rings. The zero-order valence-corrected chi connectivity index (χ0v) is 9.65. The molecule has 0 aliphatic heterocycles. The molecule has 0 spiro atoms. The molecule has 0 aliphatic carbocycles. The summed E-state index contributed by atoms with van der Waals surface area (Å²) in [6, 6.07) is 3.42. The first-order chi connectivity index (χ1) is 7.59. The van der Waals surface area contributed by atoms with E-state index in [-0.39, 0.29) is 16.8 Å². The van der Waals surface area contributed by atoms with Gasteiger partial charge in [-0.15, -0.1) is 0 Å². The van der Waals surface area contributed by atoms with Crippen LogP contribution in [0.4, 0.5) is 5.82 Å². The summed E-state index contributed by atoms with van der Waals surface area (Å²) >= 11 is 3.01. The Balaban J connectivity index is 2.53. The molecule has 2 heterocycles. The summed E-state index contributed by atoms with van der Waals surface area (Å²) in [5.41, 5.74) is 4.54. The second kappa shape index (κ2) is 4.01. The number of aromatic amines is 1. The van der Waals surface area contributed by atoms with Crippen molar-refractivity contribution < 1.29 is 4.42 Å². The predicted molar refractivity (Wildman–Crippen MR) is 61.2 cm³/mol. The fourth-order valence-electron chi connectivity index (χ4n) is 1.28. The van der Waals surface area contributed by atoms with Crippen LogP contribution in [0.2, 0.25) is 0 Å². The number of rotatable bonds is 2. The third-order valence-electron chi connectivity index (χ3n) is 2.07. The molecular formula is C9H8BrN3O3. The van der Waals surface area contributed by atoms with Crippen molar-refractivity contribution in [3.63, 3.8) is 0 Å². The smallest absolute Gasteiger partial charge is 0.330 e. The molecule has 16 heavy (non-hydrogen) atoms. The van der Waals surface area contributed by atoms with Crippen molar-refractivity contribution in [3.05, 3.63) is 49.5 Å². The van der Waals surface area contributed by atoms with Gasteiger partial charge in [-0.25, -0.2) is 4.79 Å². The maximum atomic E-state index is 11.5. The van der Waals surface area contributed by atoms with Gasteiger partial charge in [0.25, 0.3) is 5.56 Å². The van der Waals surface area contributed by atoms with Gasteiger partial charge in [-0.05, 0) is 28.1 Å². The van der Waals surface area contributed by atoms with Crippen LogP contribution >= 0.6 is 15.9 Å². The first-order valence-electron chi connectivity index (χ1n) is 4.40. The molecular weight excluding hydrogens is 278 g/mol. The minimum Gasteiger partial charge on any atom is -0.467 e. The molecule has 84 valence electrons. The molecule has 2 aromatic heterocycles. The summed E-state index contributed by atoms with van der Waals surface area (Å²) < 4.78 is 6.45. The second-order valence-electron chi connectivity index (χ2n) is 3.12. The minimum atomic E-state index is -0.567. The molecule has 0 radical (unpaired) electrons. The molecule has 6 nitrogen and oxygen atoms in total. The first-order valence-corrected chi connectivity index (χ1v) is 5.19. The molecule has 7 heteroatoms. The number of nitrogens with zero attached hydrogens (tertiary/aromatic N) is 1. The van der Waals surface area contributed by atoms with Gasteiger partial charge in [0.1, 0.15) is 16.1 Å². The number of hydrogen-bond acceptors (Lipinski definition) is 4. The first kappa shape index (κ1) is 10.7. The van der Waals surface area contributed by atoms with Gasteiger partial charge in [0, 0.05) is 0 Å². The van der Waals surface area contributed by atoms with Crippen LogP contribution in [0.15, 0.2) is 36.9 Å². The Morgan fingerprint density at radius 3 is 2.88 bits per heavy atom. The van der Waals surface area contributed by atoms with E-state index in [9.17, 15) is 9.59 Å². The zero-order chi connectivity index (χ0) is 11.7. The van der Waals surface area contributed by atoms with Crippen LogP contribution < -0.4 is 17.0 Å². The van der Waals surface area contributed by atoms with Crippen LogP contribution in [0.5, 0.6) is 0 Å². The quantitative estimate of drug-likeness (QED) is 0.841. The highest BCUT2D eigenvalue weighted by molar-refractivity contribution is 9.10.